The molecule has 0 radical (unpaired) electrons. The molecule has 2 aromatic carbocycles. The Morgan fingerprint density at radius 2 is 1.71 bits per heavy atom. The predicted octanol–water partition coefficient (Wildman–Crippen LogP) is 6.32. The molecule has 0 amide bonds. The van der Waals surface area contributed by atoms with Crippen LogP contribution in [0.25, 0.3) is 10.8 Å². The zero-order valence-electron chi connectivity index (χ0n) is 18.2. The van der Waals surface area contributed by atoms with Gasteiger partial charge < -0.3 is 4.43 Å². The molecule has 0 unspecified atom stereocenters. The predicted molar refractivity (Wildman–Crippen MR) is 121 cm³/mol. The molecule has 0 aliphatic carbocycles. The number of pyridine rings is 1. The Kier molecular flexibility index (Phi) is 5.73. The summed E-state index contributed by atoms with van der Waals surface area (Å²) in [4.78, 5) is 4.32. The van der Waals surface area contributed by atoms with Crippen LogP contribution in [0.4, 0.5) is 13.2 Å². The molecule has 0 fully saturated rings. The molecule has 2 atom stereocenters. The van der Waals surface area contributed by atoms with Crippen LogP contribution in [0.3, 0.4) is 0 Å². The molecule has 2 heterocycles. The van der Waals surface area contributed by atoms with Gasteiger partial charge in [0.15, 0.2) is 0 Å². The van der Waals surface area contributed by atoms with E-state index in [1.54, 1.807) is 6.20 Å². The fourth-order valence-corrected chi connectivity index (χ4v) is 9.76. The maximum atomic E-state index is 14.4. The Bertz CT molecular complexity index is 1070. The van der Waals surface area contributed by atoms with Gasteiger partial charge in [-0.1, -0.05) is 69.3 Å². The van der Waals surface area contributed by atoms with Crippen LogP contribution < -0.4 is 5.19 Å². The van der Waals surface area contributed by atoms with Gasteiger partial charge in [0.05, 0.1) is 5.69 Å². The molecule has 0 N–H and O–H groups in total. The fourth-order valence-electron chi connectivity index (χ4n) is 4.86. The van der Waals surface area contributed by atoms with Crippen molar-refractivity contribution in [1.29, 1.82) is 0 Å². The third-order valence-electron chi connectivity index (χ3n) is 6.48. The molecule has 0 bridgehead atoms. The van der Waals surface area contributed by atoms with Crippen LogP contribution in [-0.4, -0.2) is 25.6 Å². The first-order valence-corrected chi connectivity index (χ1v) is 12.9. The van der Waals surface area contributed by atoms with Crippen molar-refractivity contribution < 1.29 is 17.6 Å². The molecule has 1 aliphatic heterocycles. The van der Waals surface area contributed by atoms with Crippen molar-refractivity contribution >= 4 is 24.3 Å². The van der Waals surface area contributed by atoms with Crippen LogP contribution in [-0.2, 0) is 17.3 Å². The SMILES string of the molecule is CC(C)(C)[Si@]1(O[C@H](Cc2nccc3ccccc23)C(F)(F)F)CCCc2ccccc21. The molecular formula is C25H28F3NOSi. The molecule has 3 aromatic rings. The number of benzene rings is 2. The number of fused-ring (bicyclic) bond motifs is 2. The van der Waals surface area contributed by atoms with E-state index in [4.69, 9.17) is 4.43 Å². The summed E-state index contributed by atoms with van der Waals surface area (Å²) in [7, 11) is -2.95. The molecule has 1 aliphatic rings. The average Bonchev–Trinajstić information content (AvgIpc) is 2.72. The van der Waals surface area contributed by atoms with Gasteiger partial charge in [0, 0.05) is 18.0 Å². The van der Waals surface area contributed by atoms with Crippen LogP contribution >= 0.6 is 0 Å². The summed E-state index contributed by atoms with van der Waals surface area (Å²) in [5.74, 6) is 0. The Hall–Kier alpha value is -2.18. The first-order chi connectivity index (χ1) is 14.6. The molecule has 1 aromatic heterocycles. The highest BCUT2D eigenvalue weighted by molar-refractivity contribution is 6.89. The number of aromatic nitrogens is 1. The number of hydrogen-bond donors (Lipinski definition) is 0. The van der Waals surface area contributed by atoms with E-state index < -0.39 is 20.6 Å². The molecule has 0 spiro atoms. The molecule has 2 nitrogen and oxygen atoms in total. The van der Waals surface area contributed by atoms with E-state index in [9.17, 15) is 13.2 Å². The highest BCUT2D eigenvalue weighted by Crippen LogP contribution is 2.45. The highest BCUT2D eigenvalue weighted by atomic mass is 28.4. The van der Waals surface area contributed by atoms with Gasteiger partial charge in [-0.25, -0.2) is 0 Å². The minimum Gasteiger partial charge on any atom is -0.400 e. The van der Waals surface area contributed by atoms with Crippen molar-refractivity contribution in [2.24, 2.45) is 0 Å². The summed E-state index contributed by atoms with van der Waals surface area (Å²) < 4.78 is 49.5. The van der Waals surface area contributed by atoms with E-state index in [1.807, 2.05) is 75.4 Å². The minimum atomic E-state index is -4.48. The lowest BCUT2D eigenvalue weighted by molar-refractivity contribution is -0.198. The summed E-state index contributed by atoms with van der Waals surface area (Å²) in [5.41, 5.74) is 1.57. The van der Waals surface area contributed by atoms with E-state index in [1.165, 1.54) is 0 Å². The minimum absolute atomic E-state index is 0.280. The molecule has 0 saturated heterocycles. The van der Waals surface area contributed by atoms with Crippen LogP contribution in [0.15, 0.2) is 60.8 Å². The van der Waals surface area contributed by atoms with Crippen molar-refractivity contribution in [2.45, 2.75) is 63.4 Å². The smallest absolute Gasteiger partial charge is 0.400 e. The van der Waals surface area contributed by atoms with E-state index >= 15 is 0 Å². The molecule has 31 heavy (non-hydrogen) atoms. The Morgan fingerprint density at radius 1 is 1.00 bits per heavy atom. The topological polar surface area (TPSA) is 22.1 Å². The van der Waals surface area contributed by atoms with Crippen molar-refractivity contribution in [3.8, 4) is 0 Å². The first-order valence-electron chi connectivity index (χ1n) is 10.8. The third kappa shape index (κ3) is 4.15. The summed E-state index contributed by atoms with van der Waals surface area (Å²) >= 11 is 0. The van der Waals surface area contributed by atoms with Gasteiger partial charge in [-0.15, -0.1) is 0 Å². The monoisotopic (exact) mass is 443 g/mol. The first kappa shape index (κ1) is 22.0. The number of aryl methyl sites for hydroxylation is 1. The Labute approximate surface area is 182 Å². The van der Waals surface area contributed by atoms with E-state index in [-0.39, 0.29) is 11.5 Å². The lowest BCUT2D eigenvalue weighted by atomic mass is 10.1. The van der Waals surface area contributed by atoms with Crippen molar-refractivity contribution in [1.82, 2.24) is 4.98 Å². The fraction of sp³-hybridized carbons (Fsp3) is 0.400. The van der Waals surface area contributed by atoms with Crippen LogP contribution in [0.2, 0.25) is 11.1 Å². The lowest BCUT2D eigenvalue weighted by Crippen LogP contribution is -2.63. The van der Waals surface area contributed by atoms with E-state index in [2.05, 4.69) is 4.98 Å². The second-order valence-electron chi connectivity index (χ2n) is 9.42. The third-order valence-corrected chi connectivity index (χ3v) is 12.0. The Morgan fingerprint density at radius 3 is 2.45 bits per heavy atom. The summed E-state index contributed by atoms with van der Waals surface area (Å²) in [5, 5.41) is 2.28. The van der Waals surface area contributed by atoms with Gasteiger partial charge in [0.2, 0.25) is 8.32 Å². The molecule has 6 heteroatoms. The van der Waals surface area contributed by atoms with Gasteiger partial charge in [0.25, 0.3) is 0 Å². The van der Waals surface area contributed by atoms with Crippen molar-refractivity contribution in [3.05, 3.63) is 72.1 Å². The standard InChI is InChI=1S/C25H28F3NOSi/c1-24(2,3)31(16-8-11-19-10-5-7-13-22(19)31)30-23(25(26,27)28)17-21-20-12-6-4-9-18(20)14-15-29-21/h4-7,9-10,12-15,23H,8,11,16-17H2,1-3H3/t23-,31+/m1/s1. The van der Waals surface area contributed by atoms with Crippen molar-refractivity contribution in [2.75, 3.05) is 0 Å². The summed E-state index contributed by atoms with van der Waals surface area (Å²) in [6, 6.07) is 17.9. The van der Waals surface area contributed by atoms with Crippen LogP contribution in [0.5, 0.6) is 0 Å². The van der Waals surface area contributed by atoms with E-state index in [0.717, 1.165) is 34.4 Å². The number of hydrogen-bond acceptors (Lipinski definition) is 2. The average molecular weight is 444 g/mol. The molecule has 0 saturated carbocycles. The van der Waals surface area contributed by atoms with Crippen LogP contribution in [0.1, 0.15) is 38.4 Å². The highest BCUT2D eigenvalue weighted by Gasteiger charge is 2.55. The van der Waals surface area contributed by atoms with Crippen molar-refractivity contribution in [3.63, 3.8) is 0 Å². The zero-order chi connectivity index (χ0) is 22.3. The summed E-state index contributed by atoms with van der Waals surface area (Å²) in [6.07, 6.45) is -3.31. The number of nitrogens with zero attached hydrogens (tertiary/aromatic N) is 1. The number of rotatable bonds is 4. The molecule has 164 valence electrons. The number of alkyl halides is 3. The van der Waals surface area contributed by atoms with Gasteiger partial charge in [-0.05, 0) is 46.1 Å². The number of halogens is 3. The maximum absolute atomic E-state index is 14.4. The van der Waals surface area contributed by atoms with Gasteiger partial charge in [-0.2, -0.15) is 13.2 Å². The zero-order valence-corrected chi connectivity index (χ0v) is 19.2. The largest absolute Gasteiger partial charge is 0.413 e. The molecular weight excluding hydrogens is 415 g/mol. The van der Waals surface area contributed by atoms with Gasteiger partial charge in [0.1, 0.15) is 6.10 Å². The second-order valence-corrected chi connectivity index (χ2v) is 13.8. The molecule has 4 rings (SSSR count). The van der Waals surface area contributed by atoms with E-state index in [0.29, 0.717) is 11.7 Å². The lowest BCUT2D eigenvalue weighted by Gasteiger charge is -2.47. The van der Waals surface area contributed by atoms with Crippen LogP contribution in [0, 0.1) is 0 Å². The quantitative estimate of drug-likeness (QED) is 0.440. The second kappa shape index (κ2) is 8.06. The maximum Gasteiger partial charge on any atom is 0.413 e. The van der Waals surface area contributed by atoms with Gasteiger partial charge in [-0.3, -0.25) is 4.98 Å². The van der Waals surface area contributed by atoms with Gasteiger partial charge >= 0.3 is 6.18 Å². The normalized spacial score (nSPS) is 20.5. The Balaban J connectivity index is 1.78. The summed E-state index contributed by atoms with van der Waals surface area (Å²) in [6.45, 7) is 6.10.